The molecule has 0 atom stereocenters. The molecule has 140 valence electrons. The minimum atomic E-state index is -0.0698. The van der Waals surface area contributed by atoms with E-state index in [4.69, 9.17) is 0 Å². The van der Waals surface area contributed by atoms with E-state index in [1.807, 2.05) is 77.0 Å². The molecule has 1 aliphatic rings. The molecule has 0 spiro atoms. The largest absolute Gasteiger partial charge is 0.378 e. The number of piperidine rings is 1. The van der Waals surface area contributed by atoms with Crippen molar-refractivity contribution in [3.8, 4) is 0 Å². The van der Waals surface area contributed by atoms with Crippen molar-refractivity contribution in [1.29, 1.82) is 0 Å². The first kappa shape index (κ1) is 17.4. The molecule has 0 bridgehead atoms. The van der Waals surface area contributed by atoms with Crippen molar-refractivity contribution in [3.05, 3.63) is 64.6 Å². The molecule has 0 radical (unpaired) electrons. The van der Waals surface area contributed by atoms with Gasteiger partial charge in [-0.25, -0.2) is 4.79 Å². The number of hydrogen-bond acceptors (Lipinski definition) is 3. The summed E-state index contributed by atoms with van der Waals surface area (Å²) in [4.78, 5) is 32.1. The Morgan fingerprint density at radius 3 is 2.56 bits per heavy atom. The molecule has 4 rings (SSSR count). The van der Waals surface area contributed by atoms with Crippen LogP contribution in [0.1, 0.15) is 29.2 Å². The zero-order valence-electron chi connectivity index (χ0n) is 15.7. The van der Waals surface area contributed by atoms with E-state index >= 15 is 0 Å². The zero-order chi connectivity index (χ0) is 19.0. The number of anilines is 1. The molecular weight excluding hydrogens is 340 g/mol. The quantitative estimate of drug-likeness (QED) is 0.777. The molecule has 2 aromatic carbocycles. The summed E-state index contributed by atoms with van der Waals surface area (Å²) >= 11 is 0. The van der Waals surface area contributed by atoms with E-state index in [1.165, 1.54) is 0 Å². The van der Waals surface area contributed by atoms with Gasteiger partial charge >= 0.3 is 5.69 Å². The lowest BCUT2D eigenvalue weighted by Crippen LogP contribution is -2.40. The average molecular weight is 364 g/mol. The molecule has 27 heavy (non-hydrogen) atoms. The Bertz CT molecular complexity index is 1030. The number of para-hydroxylation sites is 2. The number of rotatable bonds is 3. The van der Waals surface area contributed by atoms with Crippen LogP contribution in [-0.4, -0.2) is 47.5 Å². The second kappa shape index (κ2) is 6.95. The second-order valence-electron chi connectivity index (χ2n) is 7.29. The summed E-state index contributed by atoms with van der Waals surface area (Å²) in [6.07, 6.45) is 1.56. The average Bonchev–Trinajstić information content (AvgIpc) is 3.03. The van der Waals surface area contributed by atoms with Gasteiger partial charge in [-0.05, 0) is 43.2 Å². The van der Waals surface area contributed by atoms with Crippen LogP contribution in [0.3, 0.4) is 0 Å². The molecule has 6 heteroatoms. The maximum absolute atomic E-state index is 12.9. The van der Waals surface area contributed by atoms with E-state index in [-0.39, 0.29) is 17.6 Å². The first-order chi connectivity index (χ1) is 13.0. The monoisotopic (exact) mass is 364 g/mol. The Kier molecular flexibility index (Phi) is 4.48. The number of likely N-dealkylation sites (tertiary alicyclic amines) is 1. The summed E-state index contributed by atoms with van der Waals surface area (Å²) in [5.74, 6) is 0.0587. The molecule has 1 N–H and O–H groups in total. The van der Waals surface area contributed by atoms with Gasteiger partial charge in [-0.15, -0.1) is 0 Å². The number of aromatic nitrogens is 2. The molecule has 0 unspecified atom stereocenters. The van der Waals surface area contributed by atoms with Gasteiger partial charge in [-0.1, -0.05) is 18.2 Å². The van der Waals surface area contributed by atoms with Crippen LogP contribution >= 0.6 is 0 Å². The number of aromatic amines is 1. The molecule has 1 aromatic heterocycles. The van der Waals surface area contributed by atoms with Crippen molar-refractivity contribution in [2.24, 2.45) is 0 Å². The number of carbonyl (C=O) groups is 1. The maximum Gasteiger partial charge on any atom is 0.326 e. The molecule has 1 saturated heterocycles. The minimum Gasteiger partial charge on any atom is -0.378 e. The Balaban J connectivity index is 1.50. The molecular formula is C21H24N4O2. The summed E-state index contributed by atoms with van der Waals surface area (Å²) in [6.45, 7) is 1.31. The highest BCUT2D eigenvalue weighted by molar-refractivity contribution is 5.95. The SMILES string of the molecule is CN(C)c1cccc(C(=O)N2CCC(n3c(=O)[nH]c4ccccc43)CC2)c1. The number of hydrogen-bond donors (Lipinski definition) is 1. The van der Waals surface area contributed by atoms with Gasteiger partial charge < -0.3 is 14.8 Å². The number of fused-ring (bicyclic) bond motifs is 1. The highest BCUT2D eigenvalue weighted by Crippen LogP contribution is 2.26. The third-order valence-electron chi connectivity index (χ3n) is 5.35. The molecule has 1 amide bonds. The van der Waals surface area contributed by atoms with E-state index in [0.29, 0.717) is 18.7 Å². The normalized spacial score (nSPS) is 15.3. The zero-order valence-corrected chi connectivity index (χ0v) is 15.7. The Morgan fingerprint density at radius 1 is 1.07 bits per heavy atom. The molecule has 0 saturated carbocycles. The first-order valence-corrected chi connectivity index (χ1v) is 9.30. The van der Waals surface area contributed by atoms with Crippen LogP contribution in [0.5, 0.6) is 0 Å². The Hall–Kier alpha value is -3.02. The summed E-state index contributed by atoms with van der Waals surface area (Å²) in [5, 5.41) is 0. The van der Waals surface area contributed by atoms with E-state index in [2.05, 4.69) is 4.98 Å². The third-order valence-corrected chi connectivity index (χ3v) is 5.35. The van der Waals surface area contributed by atoms with Crippen LogP contribution in [0.2, 0.25) is 0 Å². The first-order valence-electron chi connectivity index (χ1n) is 9.30. The number of nitrogens with one attached hydrogen (secondary N) is 1. The summed E-state index contributed by atoms with van der Waals surface area (Å²) in [7, 11) is 3.93. The van der Waals surface area contributed by atoms with Crippen LogP contribution in [0.25, 0.3) is 11.0 Å². The lowest BCUT2D eigenvalue weighted by molar-refractivity contribution is 0.0695. The number of benzene rings is 2. The van der Waals surface area contributed by atoms with Crippen molar-refractivity contribution in [2.45, 2.75) is 18.9 Å². The third kappa shape index (κ3) is 3.23. The molecule has 0 aliphatic carbocycles. The number of nitrogens with zero attached hydrogens (tertiary/aromatic N) is 3. The van der Waals surface area contributed by atoms with Gasteiger partial charge in [-0.3, -0.25) is 9.36 Å². The van der Waals surface area contributed by atoms with Crippen molar-refractivity contribution >= 4 is 22.6 Å². The highest BCUT2D eigenvalue weighted by atomic mass is 16.2. The number of H-pyrrole nitrogens is 1. The van der Waals surface area contributed by atoms with E-state index in [0.717, 1.165) is 29.6 Å². The minimum absolute atomic E-state index is 0.0587. The Labute approximate surface area is 158 Å². The standard InChI is InChI=1S/C21H24N4O2/c1-23(2)17-7-5-6-15(14-17)20(26)24-12-10-16(11-13-24)25-19-9-4-3-8-18(19)22-21(25)27/h3-9,14,16H,10-13H2,1-2H3,(H,22,27). The highest BCUT2D eigenvalue weighted by Gasteiger charge is 2.26. The smallest absolute Gasteiger partial charge is 0.326 e. The fraction of sp³-hybridized carbons (Fsp3) is 0.333. The number of amides is 1. The van der Waals surface area contributed by atoms with Gasteiger partial charge in [-0.2, -0.15) is 0 Å². The van der Waals surface area contributed by atoms with Gasteiger partial charge in [0.15, 0.2) is 0 Å². The molecule has 1 fully saturated rings. The molecule has 1 aliphatic heterocycles. The molecule has 2 heterocycles. The van der Waals surface area contributed by atoms with Crippen molar-refractivity contribution < 1.29 is 4.79 Å². The van der Waals surface area contributed by atoms with Gasteiger partial charge in [0.1, 0.15) is 0 Å². The van der Waals surface area contributed by atoms with Crippen LogP contribution in [-0.2, 0) is 0 Å². The van der Waals surface area contributed by atoms with Crippen molar-refractivity contribution in [3.63, 3.8) is 0 Å². The van der Waals surface area contributed by atoms with Crippen LogP contribution < -0.4 is 10.6 Å². The van der Waals surface area contributed by atoms with Crippen molar-refractivity contribution in [1.82, 2.24) is 14.5 Å². The Morgan fingerprint density at radius 2 is 1.81 bits per heavy atom. The molecule has 6 nitrogen and oxygen atoms in total. The maximum atomic E-state index is 12.9. The fourth-order valence-corrected chi connectivity index (χ4v) is 3.86. The fourth-order valence-electron chi connectivity index (χ4n) is 3.86. The van der Waals surface area contributed by atoms with Crippen molar-refractivity contribution in [2.75, 3.05) is 32.1 Å². The van der Waals surface area contributed by atoms with Gasteiger partial charge in [0, 0.05) is 44.5 Å². The van der Waals surface area contributed by atoms with Crippen LogP contribution in [0.4, 0.5) is 5.69 Å². The predicted octanol–water partition coefficient (Wildman–Crippen LogP) is 2.87. The summed E-state index contributed by atoms with van der Waals surface area (Å²) in [5.41, 5.74) is 3.46. The van der Waals surface area contributed by atoms with Gasteiger partial charge in [0.05, 0.1) is 11.0 Å². The van der Waals surface area contributed by atoms with E-state index in [9.17, 15) is 9.59 Å². The predicted molar refractivity (Wildman–Crippen MR) is 108 cm³/mol. The lowest BCUT2D eigenvalue weighted by atomic mass is 10.0. The number of carbonyl (C=O) groups excluding carboxylic acids is 1. The summed E-state index contributed by atoms with van der Waals surface area (Å²) in [6, 6.07) is 15.6. The van der Waals surface area contributed by atoms with Crippen LogP contribution in [0, 0.1) is 0 Å². The van der Waals surface area contributed by atoms with Crippen LogP contribution in [0.15, 0.2) is 53.3 Å². The van der Waals surface area contributed by atoms with Gasteiger partial charge in [0.2, 0.25) is 0 Å². The number of imidazole rings is 1. The second-order valence-corrected chi connectivity index (χ2v) is 7.29. The topological polar surface area (TPSA) is 61.3 Å². The van der Waals surface area contributed by atoms with E-state index in [1.54, 1.807) is 0 Å². The molecule has 3 aromatic rings. The van der Waals surface area contributed by atoms with Gasteiger partial charge in [0.25, 0.3) is 5.91 Å². The van der Waals surface area contributed by atoms with E-state index < -0.39 is 0 Å². The summed E-state index contributed by atoms with van der Waals surface area (Å²) < 4.78 is 1.85. The lowest BCUT2D eigenvalue weighted by Gasteiger charge is -2.32.